The van der Waals surface area contributed by atoms with Gasteiger partial charge in [-0.2, -0.15) is 0 Å². The van der Waals surface area contributed by atoms with Crippen molar-refractivity contribution in [3.8, 4) is 11.3 Å². The monoisotopic (exact) mass is 303 g/mol. The van der Waals surface area contributed by atoms with E-state index >= 15 is 0 Å². The van der Waals surface area contributed by atoms with Gasteiger partial charge in [0.25, 0.3) is 5.56 Å². The molecule has 21 heavy (non-hydrogen) atoms. The van der Waals surface area contributed by atoms with Gasteiger partial charge in [0.15, 0.2) is 5.13 Å². The summed E-state index contributed by atoms with van der Waals surface area (Å²) < 4.78 is 1.99. The molecule has 0 aliphatic heterocycles. The van der Waals surface area contributed by atoms with Gasteiger partial charge >= 0.3 is 0 Å². The number of rotatable bonds is 3. The minimum absolute atomic E-state index is 0.0293. The number of hydrogen-bond donors (Lipinski definition) is 1. The fourth-order valence-corrected chi connectivity index (χ4v) is 3.24. The Kier molecular flexibility index (Phi) is 3.40. The van der Waals surface area contributed by atoms with Crippen LogP contribution >= 0.6 is 11.3 Å². The maximum Gasteiger partial charge on any atom is 0.260 e. The molecule has 3 rings (SSSR count). The van der Waals surface area contributed by atoms with Crippen molar-refractivity contribution in [2.45, 2.75) is 45.1 Å². The molecule has 0 saturated heterocycles. The SMILES string of the molecule is CNc1nc(-c2ccc(C(C)(C)C)n(C3CC3)c2=O)cs1. The van der Waals surface area contributed by atoms with Gasteiger partial charge in [0.2, 0.25) is 0 Å². The molecule has 0 radical (unpaired) electrons. The fraction of sp³-hybridized carbons (Fsp3) is 0.500. The topological polar surface area (TPSA) is 46.9 Å². The Morgan fingerprint density at radius 1 is 1.33 bits per heavy atom. The maximum absolute atomic E-state index is 12.9. The summed E-state index contributed by atoms with van der Waals surface area (Å²) in [6.45, 7) is 6.47. The first-order chi connectivity index (χ1) is 9.91. The Morgan fingerprint density at radius 2 is 2.05 bits per heavy atom. The van der Waals surface area contributed by atoms with E-state index in [4.69, 9.17) is 0 Å². The standard InChI is InChI=1S/C16H21N3OS/c1-16(2,3)13-8-7-11(12-9-21-15(17-4)18-12)14(20)19(13)10-5-6-10/h7-10H,5-6H2,1-4H3,(H,17,18). The smallest absolute Gasteiger partial charge is 0.260 e. The fourth-order valence-electron chi connectivity index (χ4n) is 2.57. The molecule has 1 aliphatic rings. The van der Waals surface area contributed by atoms with E-state index in [0.717, 1.165) is 29.4 Å². The van der Waals surface area contributed by atoms with Crippen LogP contribution in [0.25, 0.3) is 11.3 Å². The first-order valence-corrected chi connectivity index (χ1v) is 8.19. The third-order valence-corrected chi connectivity index (χ3v) is 4.65. The van der Waals surface area contributed by atoms with Gasteiger partial charge in [-0.3, -0.25) is 4.79 Å². The third-order valence-electron chi connectivity index (χ3n) is 3.79. The van der Waals surface area contributed by atoms with Crippen LogP contribution in [0.4, 0.5) is 5.13 Å². The van der Waals surface area contributed by atoms with E-state index in [1.807, 2.05) is 23.1 Å². The molecule has 1 N–H and O–H groups in total. The molecule has 0 aromatic carbocycles. The van der Waals surface area contributed by atoms with Crippen LogP contribution in [0, 0.1) is 0 Å². The van der Waals surface area contributed by atoms with E-state index in [2.05, 4.69) is 37.1 Å². The van der Waals surface area contributed by atoms with E-state index < -0.39 is 0 Å². The number of nitrogens with one attached hydrogen (secondary N) is 1. The summed E-state index contributed by atoms with van der Waals surface area (Å²) in [5, 5.41) is 5.80. The van der Waals surface area contributed by atoms with Crippen LogP contribution in [-0.4, -0.2) is 16.6 Å². The molecule has 4 nitrogen and oxygen atoms in total. The summed E-state index contributed by atoms with van der Waals surface area (Å²) in [4.78, 5) is 17.4. The van der Waals surface area contributed by atoms with Crippen molar-refractivity contribution in [2.24, 2.45) is 0 Å². The summed E-state index contributed by atoms with van der Waals surface area (Å²) in [5.74, 6) is 0. The van der Waals surface area contributed by atoms with Gasteiger partial charge in [-0.15, -0.1) is 11.3 Å². The average Bonchev–Trinajstić information content (AvgIpc) is 3.14. The van der Waals surface area contributed by atoms with Crippen molar-refractivity contribution in [3.63, 3.8) is 0 Å². The second-order valence-corrected chi connectivity index (χ2v) is 7.43. The van der Waals surface area contributed by atoms with Crippen LogP contribution in [0.1, 0.15) is 45.3 Å². The van der Waals surface area contributed by atoms with Crippen molar-refractivity contribution in [3.05, 3.63) is 33.6 Å². The highest BCUT2D eigenvalue weighted by molar-refractivity contribution is 7.14. The molecule has 0 spiro atoms. The van der Waals surface area contributed by atoms with Crippen LogP contribution in [-0.2, 0) is 5.41 Å². The zero-order valence-corrected chi connectivity index (χ0v) is 13.8. The lowest BCUT2D eigenvalue weighted by Gasteiger charge is -2.24. The molecule has 112 valence electrons. The summed E-state index contributed by atoms with van der Waals surface area (Å²) in [7, 11) is 1.84. The van der Waals surface area contributed by atoms with Crippen molar-refractivity contribution in [1.82, 2.24) is 9.55 Å². The van der Waals surface area contributed by atoms with E-state index in [0.29, 0.717) is 11.6 Å². The quantitative estimate of drug-likeness (QED) is 0.941. The maximum atomic E-state index is 12.9. The number of aromatic nitrogens is 2. The molecule has 0 atom stereocenters. The molecule has 2 aromatic rings. The first kappa shape index (κ1) is 14.3. The Morgan fingerprint density at radius 3 is 2.57 bits per heavy atom. The van der Waals surface area contributed by atoms with Crippen LogP contribution < -0.4 is 10.9 Å². The van der Waals surface area contributed by atoms with Gasteiger partial charge in [0.1, 0.15) is 0 Å². The molecule has 5 heteroatoms. The van der Waals surface area contributed by atoms with Gasteiger partial charge < -0.3 is 9.88 Å². The van der Waals surface area contributed by atoms with Crippen LogP contribution in [0.3, 0.4) is 0 Å². The molecular weight excluding hydrogens is 282 g/mol. The largest absolute Gasteiger partial charge is 0.365 e. The molecule has 2 heterocycles. The van der Waals surface area contributed by atoms with Crippen LogP contribution in [0.15, 0.2) is 22.3 Å². The summed E-state index contributed by atoms with van der Waals surface area (Å²) >= 11 is 1.52. The average molecular weight is 303 g/mol. The molecule has 0 unspecified atom stereocenters. The first-order valence-electron chi connectivity index (χ1n) is 7.31. The summed E-state index contributed by atoms with van der Waals surface area (Å²) in [5.41, 5.74) is 2.65. The predicted molar refractivity (Wildman–Crippen MR) is 88.3 cm³/mol. The number of hydrogen-bond acceptors (Lipinski definition) is 4. The number of anilines is 1. The van der Waals surface area contributed by atoms with Crippen molar-refractivity contribution >= 4 is 16.5 Å². The van der Waals surface area contributed by atoms with E-state index in [1.165, 1.54) is 11.3 Å². The summed E-state index contributed by atoms with van der Waals surface area (Å²) in [6.07, 6.45) is 2.20. The van der Waals surface area contributed by atoms with Gasteiger partial charge in [-0.1, -0.05) is 20.8 Å². The second kappa shape index (κ2) is 4.98. The Balaban J connectivity index is 2.16. The Labute approximate surface area is 128 Å². The van der Waals surface area contributed by atoms with Gasteiger partial charge in [0.05, 0.1) is 11.3 Å². The van der Waals surface area contributed by atoms with E-state index in [1.54, 1.807) is 0 Å². The van der Waals surface area contributed by atoms with Crippen molar-refractivity contribution < 1.29 is 0 Å². The second-order valence-electron chi connectivity index (χ2n) is 6.58. The van der Waals surface area contributed by atoms with Crippen molar-refractivity contribution in [2.75, 3.05) is 12.4 Å². The zero-order valence-electron chi connectivity index (χ0n) is 12.9. The lowest BCUT2D eigenvalue weighted by atomic mass is 9.90. The van der Waals surface area contributed by atoms with Gasteiger partial charge in [0, 0.05) is 29.6 Å². The van der Waals surface area contributed by atoms with E-state index in [9.17, 15) is 4.79 Å². The molecule has 0 bridgehead atoms. The lowest BCUT2D eigenvalue weighted by Crippen LogP contribution is -2.30. The molecule has 1 saturated carbocycles. The molecule has 0 amide bonds. The number of pyridine rings is 1. The van der Waals surface area contributed by atoms with Crippen molar-refractivity contribution in [1.29, 1.82) is 0 Å². The van der Waals surface area contributed by atoms with Gasteiger partial charge in [-0.05, 0) is 25.0 Å². The van der Waals surface area contributed by atoms with Gasteiger partial charge in [-0.25, -0.2) is 4.98 Å². The Hall–Kier alpha value is -1.62. The highest BCUT2D eigenvalue weighted by Crippen LogP contribution is 2.38. The predicted octanol–water partition coefficient (Wildman–Crippen LogP) is 3.65. The minimum atomic E-state index is -0.0293. The molecule has 2 aromatic heterocycles. The molecular formula is C16H21N3OS. The summed E-state index contributed by atoms with van der Waals surface area (Å²) in [6, 6.07) is 4.39. The minimum Gasteiger partial charge on any atom is -0.365 e. The zero-order chi connectivity index (χ0) is 15.2. The normalized spacial score (nSPS) is 15.2. The third kappa shape index (κ3) is 2.62. The van der Waals surface area contributed by atoms with Crippen LogP contribution in [0.2, 0.25) is 0 Å². The number of thiazole rings is 1. The number of nitrogens with zero attached hydrogens (tertiary/aromatic N) is 2. The lowest BCUT2D eigenvalue weighted by molar-refractivity contribution is 0.506. The molecule has 1 aliphatic carbocycles. The van der Waals surface area contributed by atoms with E-state index in [-0.39, 0.29) is 11.0 Å². The highest BCUT2D eigenvalue weighted by Gasteiger charge is 2.31. The highest BCUT2D eigenvalue weighted by atomic mass is 32.1. The van der Waals surface area contributed by atoms with Crippen LogP contribution in [0.5, 0.6) is 0 Å². The Bertz CT molecular complexity index is 720. The molecule has 1 fully saturated rings.